The van der Waals surface area contributed by atoms with Gasteiger partial charge in [0.05, 0.1) is 0 Å². The molecule has 0 atom stereocenters. The third-order valence-corrected chi connectivity index (χ3v) is 1.73. The number of hydrogen-bond donors (Lipinski definition) is 0. The van der Waals surface area contributed by atoms with Crippen molar-refractivity contribution in [3.8, 4) is 0 Å². The Morgan fingerprint density at radius 1 is 0.938 bits per heavy atom. The van der Waals surface area contributed by atoms with Crippen LogP contribution in [0.4, 0.5) is 0 Å². The second-order valence-electron chi connectivity index (χ2n) is 2.93. The van der Waals surface area contributed by atoms with Crippen molar-refractivity contribution in [1.82, 2.24) is 0 Å². The molecular weight excluding hydrogens is 406 g/mol. The van der Waals surface area contributed by atoms with Crippen molar-refractivity contribution in [1.29, 1.82) is 0 Å². The minimum absolute atomic E-state index is 0. The molecule has 88 valence electrons. The molecule has 0 amide bonds. The molecule has 0 nitrogen and oxygen atoms in total. The molecular formula is C13H16Cl2Hf-2. The fourth-order valence-corrected chi connectivity index (χ4v) is 1.03. The van der Waals surface area contributed by atoms with Gasteiger partial charge >= 0.3 is 28.2 Å². The fraction of sp³-hybridized carbons (Fsp3) is 0.308. The van der Waals surface area contributed by atoms with Gasteiger partial charge in [0, 0.05) is 0 Å². The largest absolute Gasteiger partial charge is 1.00 e. The maximum absolute atomic E-state index is 3.39. The van der Waals surface area contributed by atoms with E-state index in [0.29, 0.717) is 0 Å². The van der Waals surface area contributed by atoms with Gasteiger partial charge in [-0.25, -0.2) is 23.3 Å². The van der Waals surface area contributed by atoms with Crippen LogP contribution in [0.15, 0.2) is 35.5 Å². The van der Waals surface area contributed by atoms with E-state index in [9.17, 15) is 0 Å². The molecule has 16 heavy (non-hydrogen) atoms. The fourth-order valence-electron chi connectivity index (χ4n) is 1.03. The summed E-state index contributed by atoms with van der Waals surface area (Å²) in [6.07, 6.45) is 16.7. The summed E-state index contributed by atoms with van der Waals surface area (Å²) in [5.74, 6) is 0. The van der Waals surface area contributed by atoms with Gasteiger partial charge in [0.2, 0.25) is 0 Å². The van der Waals surface area contributed by atoms with Gasteiger partial charge in [-0.05, 0) is 0 Å². The van der Waals surface area contributed by atoms with Gasteiger partial charge in [0.25, 0.3) is 0 Å². The zero-order valence-electron chi connectivity index (χ0n) is 9.69. The SMILES string of the molecule is CC1=[C-]CC=C1.CC1=[C-]CC=C1.[CH2]=[Hf+2].[Cl-].[Cl-]. The Balaban J connectivity index is -0.000000165. The molecule has 3 heteroatoms. The van der Waals surface area contributed by atoms with Crippen LogP contribution in [-0.4, -0.2) is 4.26 Å². The summed E-state index contributed by atoms with van der Waals surface area (Å²) >= 11 is 1.06. The minimum atomic E-state index is 0. The van der Waals surface area contributed by atoms with E-state index in [1.807, 2.05) is 0 Å². The molecule has 2 rings (SSSR count). The summed E-state index contributed by atoms with van der Waals surface area (Å²) in [7, 11) is 0. The first kappa shape index (κ1) is 21.6. The molecule has 0 radical (unpaired) electrons. The molecule has 0 spiro atoms. The first-order valence-electron chi connectivity index (χ1n) is 4.62. The van der Waals surface area contributed by atoms with Crippen LogP contribution in [0.25, 0.3) is 0 Å². The van der Waals surface area contributed by atoms with Crippen LogP contribution in [0.5, 0.6) is 0 Å². The van der Waals surface area contributed by atoms with Crippen molar-refractivity contribution in [2.75, 3.05) is 0 Å². The van der Waals surface area contributed by atoms with Gasteiger partial charge in [-0.15, -0.1) is 12.8 Å². The van der Waals surface area contributed by atoms with Crippen molar-refractivity contribution in [3.63, 3.8) is 0 Å². The van der Waals surface area contributed by atoms with Gasteiger partial charge in [-0.3, -0.25) is 12.2 Å². The van der Waals surface area contributed by atoms with Crippen LogP contribution in [0.2, 0.25) is 0 Å². The summed E-state index contributed by atoms with van der Waals surface area (Å²) in [5.41, 5.74) is 2.55. The van der Waals surface area contributed by atoms with Crippen molar-refractivity contribution < 1.29 is 48.7 Å². The molecule has 0 aromatic heterocycles. The van der Waals surface area contributed by atoms with Crippen LogP contribution in [0, 0.1) is 12.2 Å². The minimum Gasteiger partial charge on any atom is -1.00 e. The van der Waals surface area contributed by atoms with Crippen LogP contribution in [-0.2, 0) is 23.9 Å². The van der Waals surface area contributed by atoms with Crippen molar-refractivity contribution in [2.24, 2.45) is 0 Å². The van der Waals surface area contributed by atoms with Crippen LogP contribution in [0.3, 0.4) is 0 Å². The Labute approximate surface area is 126 Å². The van der Waals surface area contributed by atoms with E-state index in [0.717, 1.165) is 36.7 Å². The maximum Gasteiger partial charge on any atom is -1.00 e. The van der Waals surface area contributed by atoms with Gasteiger partial charge < -0.3 is 24.8 Å². The van der Waals surface area contributed by atoms with E-state index in [2.05, 4.69) is 54.6 Å². The van der Waals surface area contributed by atoms with Crippen LogP contribution < -0.4 is 24.8 Å². The summed E-state index contributed by atoms with van der Waals surface area (Å²) in [6, 6.07) is 0. The predicted molar refractivity (Wildman–Crippen MR) is 59.5 cm³/mol. The summed E-state index contributed by atoms with van der Waals surface area (Å²) < 4.78 is 3.39. The topological polar surface area (TPSA) is 0 Å². The molecule has 0 aromatic carbocycles. The molecule has 0 N–H and O–H groups in total. The predicted octanol–water partition coefficient (Wildman–Crippen LogP) is -2.64. The third-order valence-electron chi connectivity index (χ3n) is 1.73. The van der Waals surface area contributed by atoms with Gasteiger partial charge in [-0.1, -0.05) is 13.8 Å². The monoisotopic (exact) mass is 422 g/mol. The van der Waals surface area contributed by atoms with Crippen LogP contribution >= 0.6 is 0 Å². The van der Waals surface area contributed by atoms with Gasteiger partial charge in [0.1, 0.15) is 0 Å². The number of allylic oxidation sites excluding steroid dienone is 8. The zero-order valence-corrected chi connectivity index (χ0v) is 14.8. The van der Waals surface area contributed by atoms with Crippen molar-refractivity contribution in [3.05, 3.63) is 47.6 Å². The third kappa shape index (κ3) is 12.4. The smallest absolute Gasteiger partial charge is 1.00 e. The molecule has 0 fully saturated rings. The number of rotatable bonds is 0. The average Bonchev–Trinajstić information content (AvgIpc) is 2.83. The molecule has 0 unspecified atom stereocenters. The van der Waals surface area contributed by atoms with E-state index in [1.165, 1.54) is 11.1 Å². The summed E-state index contributed by atoms with van der Waals surface area (Å²) in [5, 5.41) is 0. The molecule has 2 aliphatic carbocycles. The number of hydrogen-bond acceptors (Lipinski definition) is 0. The first-order chi connectivity index (χ1) is 6.79. The second-order valence-corrected chi connectivity index (χ2v) is 2.93. The summed E-state index contributed by atoms with van der Waals surface area (Å²) in [4.78, 5) is 0. The summed E-state index contributed by atoms with van der Waals surface area (Å²) in [6.45, 7) is 4.12. The van der Waals surface area contributed by atoms with E-state index >= 15 is 0 Å². The maximum atomic E-state index is 3.39. The second kappa shape index (κ2) is 15.3. The quantitative estimate of drug-likeness (QED) is 0.297. The van der Waals surface area contributed by atoms with Crippen LogP contribution in [0.1, 0.15) is 26.7 Å². The van der Waals surface area contributed by atoms with Crippen molar-refractivity contribution in [2.45, 2.75) is 26.7 Å². The normalized spacial score (nSPS) is 14.2. The zero-order chi connectivity index (χ0) is 10.8. The van der Waals surface area contributed by atoms with E-state index < -0.39 is 0 Å². The molecule has 0 bridgehead atoms. The first-order valence-corrected chi connectivity index (χ1v) is 7.16. The Morgan fingerprint density at radius 3 is 1.31 bits per heavy atom. The Hall–Kier alpha value is 0.280. The van der Waals surface area contributed by atoms with E-state index in [4.69, 9.17) is 0 Å². The van der Waals surface area contributed by atoms with Crippen molar-refractivity contribution >= 4 is 4.26 Å². The average molecular weight is 422 g/mol. The standard InChI is InChI=1S/2C6H7.CH2.2ClH.Hf/c2*1-6-4-2-3-5-6;;;;/h2*2,4H,3H2,1H3;1H2;2*1H;/q2*-1;;;;+2/p-2. The Kier molecular flexibility index (Phi) is 20.6. The molecule has 0 heterocycles. The molecule has 0 aromatic rings. The van der Waals surface area contributed by atoms with Gasteiger partial charge in [0.15, 0.2) is 0 Å². The molecule has 0 aliphatic heterocycles. The molecule has 2 aliphatic rings. The van der Waals surface area contributed by atoms with E-state index in [1.54, 1.807) is 0 Å². The Morgan fingerprint density at radius 2 is 1.25 bits per heavy atom. The molecule has 0 saturated heterocycles. The molecule has 0 saturated carbocycles. The van der Waals surface area contributed by atoms with E-state index in [-0.39, 0.29) is 24.8 Å². The van der Waals surface area contributed by atoms with Gasteiger partial charge in [-0.2, -0.15) is 12.2 Å². The Bertz CT molecular complexity index is 242. The number of halogens is 2.